The van der Waals surface area contributed by atoms with E-state index in [1.54, 1.807) is 0 Å². The summed E-state index contributed by atoms with van der Waals surface area (Å²) in [5, 5.41) is 0. The zero-order valence-electron chi connectivity index (χ0n) is 7.19. The van der Waals surface area contributed by atoms with Crippen LogP contribution < -0.4 is 0 Å². The van der Waals surface area contributed by atoms with Gasteiger partial charge in [0.2, 0.25) is 0 Å². The van der Waals surface area contributed by atoms with Gasteiger partial charge >= 0.3 is 0 Å². The molecule has 0 aromatic rings. The number of hydrogen-bond donors (Lipinski definition) is 0. The Balaban J connectivity index is 4.17. The van der Waals surface area contributed by atoms with Gasteiger partial charge in [0.25, 0.3) is 0 Å². The van der Waals surface area contributed by atoms with Gasteiger partial charge in [0.15, 0.2) is 0 Å². The minimum absolute atomic E-state index is 0.874. The smallest absolute Gasteiger partial charge is 0.0129 e. The van der Waals surface area contributed by atoms with Crippen molar-refractivity contribution in [3.63, 3.8) is 0 Å². The van der Waals surface area contributed by atoms with E-state index in [0.717, 1.165) is 18.4 Å². The van der Waals surface area contributed by atoms with Gasteiger partial charge in [0, 0.05) is 0 Å². The number of allylic oxidation sites excluding steroid dienone is 5. The molecule has 1 radical (unpaired) electrons. The van der Waals surface area contributed by atoms with E-state index < -0.39 is 0 Å². The molecule has 0 spiro atoms. The second kappa shape index (κ2) is 5.72. The van der Waals surface area contributed by atoms with Gasteiger partial charge in [-0.3, -0.25) is 0 Å². The highest BCUT2D eigenvalue weighted by Crippen LogP contribution is 2.09. The zero-order chi connectivity index (χ0) is 8.69. The molecule has 11 heavy (non-hydrogen) atoms. The van der Waals surface area contributed by atoms with Gasteiger partial charge in [-0.25, -0.2) is 0 Å². The molecular weight excluding hydrogens is 132 g/mol. The quantitative estimate of drug-likeness (QED) is 0.413. The summed E-state index contributed by atoms with van der Waals surface area (Å²) in [4.78, 5) is 0. The fraction of sp³-hybridized carbons (Fsp3) is 0.273. The van der Waals surface area contributed by atoms with Gasteiger partial charge in [0.05, 0.1) is 0 Å². The Hall–Kier alpha value is -1.04. The van der Waals surface area contributed by atoms with Crippen LogP contribution in [0.1, 0.15) is 19.8 Å². The average molecular weight is 147 g/mol. The van der Waals surface area contributed by atoms with Gasteiger partial charge in [-0.15, -0.1) is 13.2 Å². The third-order valence-corrected chi connectivity index (χ3v) is 1.17. The van der Waals surface area contributed by atoms with Gasteiger partial charge in [-0.05, 0) is 25.8 Å². The van der Waals surface area contributed by atoms with Crippen LogP contribution >= 0.6 is 0 Å². The third-order valence-electron chi connectivity index (χ3n) is 1.17. The second-order valence-electron chi connectivity index (χ2n) is 2.49. The summed E-state index contributed by atoms with van der Waals surface area (Å²) < 4.78 is 0. The lowest BCUT2D eigenvalue weighted by atomic mass is 10.1. The summed E-state index contributed by atoms with van der Waals surface area (Å²) in [6.45, 7) is 13.0. The molecule has 0 rings (SSSR count). The molecule has 0 N–H and O–H groups in total. The highest BCUT2D eigenvalue weighted by atomic mass is 14.0. The summed E-state index contributed by atoms with van der Waals surface area (Å²) >= 11 is 0. The topological polar surface area (TPSA) is 0 Å². The standard InChI is InChI=1S/C11H15/c1-5-7-11(8-6-2)9-10(3)4/h5-6H,1-3,7-8H2,4H3. The molecule has 0 atom stereocenters. The van der Waals surface area contributed by atoms with Gasteiger partial charge in [-0.1, -0.05) is 29.9 Å². The van der Waals surface area contributed by atoms with Crippen LogP contribution in [-0.2, 0) is 0 Å². The summed E-state index contributed by atoms with van der Waals surface area (Å²) in [6.07, 6.45) is 8.65. The minimum atomic E-state index is 0.874. The van der Waals surface area contributed by atoms with E-state index in [1.807, 2.05) is 19.1 Å². The molecule has 0 unspecified atom stereocenters. The van der Waals surface area contributed by atoms with Crippen LogP contribution in [0.4, 0.5) is 0 Å². The molecule has 0 nitrogen and oxygen atoms in total. The van der Waals surface area contributed by atoms with Crippen molar-refractivity contribution >= 4 is 0 Å². The van der Waals surface area contributed by atoms with Crippen LogP contribution in [0.3, 0.4) is 0 Å². The average Bonchev–Trinajstić information content (AvgIpc) is 1.87. The van der Waals surface area contributed by atoms with Crippen LogP contribution in [0, 0.1) is 6.08 Å². The number of hydrogen-bond acceptors (Lipinski definition) is 0. The monoisotopic (exact) mass is 147 g/mol. The van der Waals surface area contributed by atoms with Crippen LogP contribution in [-0.4, -0.2) is 0 Å². The lowest BCUT2D eigenvalue weighted by Gasteiger charge is -1.98. The first kappa shape index (κ1) is 9.96. The van der Waals surface area contributed by atoms with E-state index >= 15 is 0 Å². The van der Waals surface area contributed by atoms with E-state index in [1.165, 1.54) is 5.57 Å². The lowest BCUT2D eigenvalue weighted by molar-refractivity contribution is 1.09. The van der Waals surface area contributed by atoms with E-state index in [9.17, 15) is 0 Å². The zero-order valence-corrected chi connectivity index (χ0v) is 7.19. The first-order valence-corrected chi connectivity index (χ1v) is 3.69. The first-order valence-electron chi connectivity index (χ1n) is 3.69. The van der Waals surface area contributed by atoms with Crippen molar-refractivity contribution in [3.05, 3.63) is 49.1 Å². The predicted molar refractivity (Wildman–Crippen MR) is 51.2 cm³/mol. The Morgan fingerprint density at radius 1 is 1.27 bits per heavy atom. The largest absolute Gasteiger partial charge is 0.103 e. The lowest BCUT2D eigenvalue weighted by Crippen LogP contribution is -1.80. The molecular formula is C11H15. The van der Waals surface area contributed by atoms with Crippen molar-refractivity contribution in [2.24, 2.45) is 0 Å². The van der Waals surface area contributed by atoms with Crippen molar-refractivity contribution in [1.82, 2.24) is 0 Å². The van der Waals surface area contributed by atoms with Crippen LogP contribution in [0.25, 0.3) is 0 Å². The summed E-state index contributed by atoms with van der Waals surface area (Å²) in [7, 11) is 0. The molecule has 0 amide bonds. The Morgan fingerprint density at radius 2 is 1.73 bits per heavy atom. The summed E-state index contributed by atoms with van der Waals surface area (Å²) in [6, 6.07) is 0. The Labute approximate surface area is 69.6 Å². The molecule has 0 aliphatic heterocycles. The molecule has 59 valence electrons. The van der Waals surface area contributed by atoms with Crippen molar-refractivity contribution in [2.75, 3.05) is 0 Å². The molecule has 0 heterocycles. The summed E-state index contributed by atoms with van der Waals surface area (Å²) in [5.74, 6) is 0. The third kappa shape index (κ3) is 5.41. The Bertz CT molecular complexity index is 170. The molecule has 0 aromatic carbocycles. The minimum Gasteiger partial charge on any atom is -0.103 e. The van der Waals surface area contributed by atoms with Crippen molar-refractivity contribution < 1.29 is 0 Å². The van der Waals surface area contributed by atoms with E-state index in [4.69, 9.17) is 0 Å². The molecule has 0 bridgehead atoms. The van der Waals surface area contributed by atoms with Gasteiger partial charge < -0.3 is 0 Å². The van der Waals surface area contributed by atoms with E-state index in [2.05, 4.69) is 25.8 Å². The van der Waals surface area contributed by atoms with E-state index in [0.29, 0.717) is 0 Å². The molecule has 0 saturated heterocycles. The fourth-order valence-electron chi connectivity index (χ4n) is 0.836. The highest BCUT2D eigenvalue weighted by molar-refractivity contribution is 5.16. The second-order valence-corrected chi connectivity index (χ2v) is 2.49. The first-order chi connectivity index (χ1) is 5.20. The normalized spacial score (nSPS) is 8.45. The summed E-state index contributed by atoms with van der Waals surface area (Å²) in [5.41, 5.74) is 2.16. The number of rotatable bonds is 5. The fourth-order valence-corrected chi connectivity index (χ4v) is 0.836. The maximum atomic E-state index is 3.76. The van der Waals surface area contributed by atoms with Crippen molar-refractivity contribution in [2.45, 2.75) is 19.8 Å². The molecule has 0 fully saturated rings. The molecule has 0 heteroatoms. The molecule has 0 aliphatic rings. The maximum absolute atomic E-state index is 3.76. The maximum Gasteiger partial charge on any atom is -0.0129 e. The molecule has 0 aliphatic carbocycles. The van der Waals surface area contributed by atoms with Crippen LogP contribution in [0.2, 0.25) is 0 Å². The van der Waals surface area contributed by atoms with Gasteiger partial charge in [0.1, 0.15) is 0 Å². The van der Waals surface area contributed by atoms with Crippen LogP contribution in [0.15, 0.2) is 43.0 Å². The molecule has 0 saturated carbocycles. The molecule has 0 aromatic heterocycles. The van der Waals surface area contributed by atoms with Crippen molar-refractivity contribution in [1.29, 1.82) is 0 Å². The van der Waals surface area contributed by atoms with Crippen molar-refractivity contribution in [3.8, 4) is 0 Å². The van der Waals surface area contributed by atoms with Crippen LogP contribution in [0.5, 0.6) is 0 Å². The Morgan fingerprint density at radius 3 is 2.00 bits per heavy atom. The van der Waals surface area contributed by atoms with E-state index in [-0.39, 0.29) is 0 Å². The van der Waals surface area contributed by atoms with Gasteiger partial charge in [-0.2, -0.15) is 0 Å². The Kier molecular flexibility index (Phi) is 5.18. The highest BCUT2D eigenvalue weighted by Gasteiger charge is 1.91. The SMILES string of the molecule is C=CCC(=[C]C(=C)C)CC=C. The predicted octanol–water partition coefficient (Wildman–Crippen LogP) is 3.44.